The molecule has 3 rings (SSSR count). The van der Waals surface area contributed by atoms with Crippen LogP contribution in [0, 0.1) is 0 Å². The van der Waals surface area contributed by atoms with Crippen molar-refractivity contribution in [3.8, 4) is 5.75 Å². The van der Waals surface area contributed by atoms with Crippen molar-refractivity contribution in [2.75, 3.05) is 5.73 Å². The van der Waals surface area contributed by atoms with Gasteiger partial charge in [-0.15, -0.1) is 5.10 Å². The topological polar surface area (TPSA) is 67.9 Å². The Balaban J connectivity index is 1.88. The van der Waals surface area contributed by atoms with E-state index in [0.717, 1.165) is 10.7 Å². The van der Waals surface area contributed by atoms with Gasteiger partial charge >= 0.3 is 5.91 Å². The molecule has 0 spiro atoms. The summed E-state index contributed by atoms with van der Waals surface area (Å²) < 4.78 is 0. The maximum absolute atomic E-state index is 12.2. The molecule has 5 heteroatoms. The van der Waals surface area contributed by atoms with E-state index in [1.807, 2.05) is 18.2 Å². The number of benzene rings is 2. The van der Waals surface area contributed by atoms with E-state index in [-0.39, 0.29) is 5.91 Å². The van der Waals surface area contributed by atoms with Crippen LogP contribution < -0.4 is 10.6 Å². The average Bonchev–Trinajstić information content (AvgIpc) is 2.46. The smallest absolute Gasteiger partial charge is 0.310 e. The molecule has 0 radical (unpaired) electrons. The highest BCUT2D eigenvalue weighted by atomic mass is 16.7. The Morgan fingerprint density at radius 2 is 2.00 bits per heavy atom. The number of hydrazone groups is 1. The van der Waals surface area contributed by atoms with Gasteiger partial charge in [0.15, 0.2) is 5.75 Å². The molecular formula is C14H11N3O2. The summed E-state index contributed by atoms with van der Waals surface area (Å²) in [5.41, 5.74) is 7.43. The lowest BCUT2D eigenvalue weighted by Gasteiger charge is -2.21. The van der Waals surface area contributed by atoms with Crippen LogP contribution in [0.15, 0.2) is 53.6 Å². The first-order valence-electron chi connectivity index (χ1n) is 5.75. The number of anilines is 1. The van der Waals surface area contributed by atoms with Crippen molar-refractivity contribution in [1.29, 1.82) is 0 Å². The second kappa shape index (κ2) is 4.45. The zero-order valence-electron chi connectivity index (χ0n) is 9.98. The fourth-order valence-electron chi connectivity index (χ4n) is 1.78. The van der Waals surface area contributed by atoms with E-state index in [9.17, 15) is 4.79 Å². The molecule has 0 atom stereocenters. The summed E-state index contributed by atoms with van der Waals surface area (Å²) in [5, 5.41) is 4.93. The summed E-state index contributed by atoms with van der Waals surface area (Å²) in [5.74, 6) is 0.229. The predicted octanol–water partition coefficient (Wildman–Crippen LogP) is 2.05. The van der Waals surface area contributed by atoms with Gasteiger partial charge in [-0.25, -0.2) is 0 Å². The highest BCUT2D eigenvalue weighted by Crippen LogP contribution is 2.22. The zero-order chi connectivity index (χ0) is 13.2. The minimum Gasteiger partial charge on any atom is -0.399 e. The van der Waals surface area contributed by atoms with Crippen molar-refractivity contribution in [3.63, 3.8) is 0 Å². The van der Waals surface area contributed by atoms with E-state index in [0.29, 0.717) is 17.0 Å². The van der Waals surface area contributed by atoms with Crippen LogP contribution in [-0.2, 0) is 0 Å². The second-order valence-corrected chi connectivity index (χ2v) is 4.08. The molecule has 94 valence electrons. The quantitative estimate of drug-likeness (QED) is 0.791. The van der Waals surface area contributed by atoms with E-state index >= 15 is 0 Å². The van der Waals surface area contributed by atoms with E-state index < -0.39 is 0 Å². The highest BCUT2D eigenvalue weighted by Gasteiger charge is 2.21. The summed E-state index contributed by atoms with van der Waals surface area (Å²) in [6.07, 6.45) is 1.59. The van der Waals surface area contributed by atoms with Gasteiger partial charge in [-0.3, -0.25) is 4.79 Å². The van der Waals surface area contributed by atoms with Crippen LogP contribution in [0.25, 0.3) is 0 Å². The Hall–Kier alpha value is -2.82. The number of amides is 1. The molecule has 0 bridgehead atoms. The van der Waals surface area contributed by atoms with Gasteiger partial charge in [0.1, 0.15) is 0 Å². The normalized spacial score (nSPS) is 12.7. The number of para-hydroxylation sites is 1. The molecule has 2 aromatic rings. The summed E-state index contributed by atoms with van der Waals surface area (Å²) in [4.78, 5) is 17.6. The SMILES string of the molecule is Nc1cccc(C(=O)N2N=Cc3ccccc3O2)c1. The molecule has 0 saturated heterocycles. The molecule has 1 aliphatic rings. The Morgan fingerprint density at radius 1 is 1.16 bits per heavy atom. The number of rotatable bonds is 1. The Labute approximate surface area is 109 Å². The number of nitrogens with two attached hydrogens (primary N) is 1. The van der Waals surface area contributed by atoms with Gasteiger partial charge in [-0.2, -0.15) is 0 Å². The standard InChI is InChI=1S/C14H11N3O2/c15-12-6-3-5-10(8-12)14(18)17-16-9-11-4-1-2-7-13(11)19-17/h1-9H,15H2. The van der Waals surface area contributed by atoms with Gasteiger partial charge in [0, 0.05) is 16.8 Å². The van der Waals surface area contributed by atoms with Crippen molar-refractivity contribution in [3.05, 3.63) is 59.7 Å². The minimum absolute atomic E-state index is 0.363. The lowest BCUT2D eigenvalue weighted by atomic mass is 10.2. The summed E-state index contributed by atoms with van der Waals surface area (Å²) in [6, 6.07) is 14.0. The van der Waals surface area contributed by atoms with Crippen LogP contribution in [0.1, 0.15) is 15.9 Å². The van der Waals surface area contributed by atoms with Crippen molar-refractivity contribution in [2.24, 2.45) is 5.10 Å². The van der Waals surface area contributed by atoms with Crippen LogP contribution in [0.2, 0.25) is 0 Å². The van der Waals surface area contributed by atoms with E-state index in [2.05, 4.69) is 5.10 Å². The molecule has 2 N–H and O–H groups in total. The Kier molecular flexibility index (Phi) is 2.64. The number of nitrogens with zero attached hydrogens (tertiary/aromatic N) is 2. The fourth-order valence-corrected chi connectivity index (χ4v) is 1.78. The van der Waals surface area contributed by atoms with Gasteiger partial charge in [-0.05, 0) is 30.3 Å². The van der Waals surface area contributed by atoms with Crippen molar-refractivity contribution in [1.82, 2.24) is 5.17 Å². The molecule has 1 aliphatic heterocycles. The van der Waals surface area contributed by atoms with Gasteiger partial charge in [-0.1, -0.05) is 23.4 Å². The van der Waals surface area contributed by atoms with Crippen molar-refractivity contribution < 1.29 is 9.63 Å². The number of nitrogen functional groups attached to an aromatic ring is 1. The monoisotopic (exact) mass is 253 g/mol. The molecule has 0 saturated carbocycles. The number of carbonyl (C=O) groups excluding carboxylic acids is 1. The number of carbonyl (C=O) groups is 1. The zero-order valence-corrected chi connectivity index (χ0v) is 9.98. The molecule has 2 aromatic carbocycles. The van der Waals surface area contributed by atoms with Crippen molar-refractivity contribution >= 4 is 17.8 Å². The first kappa shape index (κ1) is 11.3. The number of hydroxylamine groups is 1. The summed E-state index contributed by atoms with van der Waals surface area (Å²) in [7, 11) is 0. The molecule has 0 aromatic heterocycles. The van der Waals surface area contributed by atoms with E-state index in [1.165, 1.54) is 0 Å². The Bertz CT molecular complexity index is 667. The van der Waals surface area contributed by atoms with Gasteiger partial charge in [0.25, 0.3) is 0 Å². The predicted molar refractivity (Wildman–Crippen MR) is 71.7 cm³/mol. The molecule has 1 amide bonds. The lowest BCUT2D eigenvalue weighted by Crippen LogP contribution is -2.32. The lowest BCUT2D eigenvalue weighted by molar-refractivity contribution is -0.0339. The molecule has 0 fully saturated rings. The van der Waals surface area contributed by atoms with E-state index in [1.54, 1.807) is 36.5 Å². The third kappa shape index (κ3) is 2.13. The molecule has 19 heavy (non-hydrogen) atoms. The van der Waals surface area contributed by atoms with Crippen LogP contribution in [0.4, 0.5) is 5.69 Å². The van der Waals surface area contributed by atoms with Crippen LogP contribution >= 0.6 is 0 Å². The van der Waals surface area contributed by atoms with Crippen LogP contribution in [0.3, 0.4) is 0 Å². The van der Waals surface area contributed by atoms with E-state index in [4.69, 9.17) is 10.6 Å². The third-order valence-electron chi connectivity index (χ3n) is 2.71. The molecule has 0 aliphatic carbocycles. The summed E-state index contributed by atoms with van der Waals surface area (Å²) in [6.45, 7) is 0. The second-order valence-electron chi connectivity index (χ2n) is 4.08. The highest BCUT2D eigenvalue weighted by molar-refractivity contribution is 5.96. The maximum Gasteiger partial charge on any atom is 0.310 e. The largest absolute Gasteiger partial charge is 0.399 e. The average molecular weight is 253 g/mol. The Morgan fingerprint density at radius 3 is 2.84 bits per heavy atom. The molecule has 0 unspecified atom stereocenters. The number of fused-ring (bicyclic) bond motifs is 1. The maximum atomic E-state index is 12.2. The number of hydrogen-bond donors (Lipinski definition) is 1. The first-order chi connectivity index (χ1) is 9.24. The molecule has 5 nitrogen and oxygen atoms in total. The fraction of sp³-hybridized carbons (Fsp3) is 0. The summed E-state index contributed by atoms with van der Waals surface area (Å²) >= 11 is 0. The van der Waals surface area contributed by atoms with Gasteiger partial charge < -0.3 is 10.6 Å². The first-order valence-corrected chi connectivity index (χ1v) is 5.75. The minimum atomic E-state index is -0.363. The van der Waals surface area contributed by atoms with Gasteiger partial charge in [0.2, 0.25) is 0 Å². The third-order valence-corrected chi connectivity index (χ3v) is 2.71. The van der Waals surface area contributed by atoms with Gasteiger partial charge in [0.05, 0.1) is 6.21 Å². The van der Waals surface area contributed by atoms with Crippen LogP contribution in [0.5, 0.6) is 5.75 Å². The van der Waals surface area contributed by atoms with Crippen molar-refractivity contribution in [2.45, 2.75) is 0 Å². The molecular weight excluding hydrogens is 242 g/mol. The number of hydrogen-bond acceptors (Lipinski definition) is 4. The van der Waals surface area contributed by atoms with Crippen LogP contribution in [-0.4, -0.2) is 17.3 Å². The molecule has 1 heterocycles.